The molecule has 0 spiro atoms. The summed E-state index contributed by atoms with van der Waals surface area (Å²) in [7, 11) is -0.969. The number of rotatable bonds is 4. The maximum Gasteiger partial charge on any atom is 0.255 e. The molecule has 0 aromatic heterocycles. The molecule has 1 rings (SSSR count). The molecule has 5 heteroatoms. The zero-order valence-electron chi connectivity index (χ0n) is 10.2. The third-order valence-electron chi connectivity index (χ3n) is 2.51. The highest BCUT2D eigenvalue weighted by Gasteiger charge is 2.13. The van der Waals surface area contributed by atoms with E-state index in [1.807, 2.05) is 6.92 Å². The van der Waals surface area contributed by atoms with Gasteiger partial charge in [-0.3, -0.25) is 9.00 Å². The Hall–Kier alpha value is -1.36. The van der Waals surface area contributed by atoms with Crippen LogP contribution >= 0.6 is 0 Å². The van der Waals surface area contributed by atoms with Crippen molar-refractivity contribution in [1.29, 1.82) is 0 Å². The van der Waals surface area contributed by atoms with Gasteiger partial charge in [0.25, 0.3) is 5.91 Å². The molecule has 0 saturated carbocycles. The van der Waals surface area contributed by atoms with Crippen molar-refractivity contribution < 1.29 is 14.1 Å². The number of benzene rings is 1. The van der Waals surface area contributed by atoms with E-state index in [9.17, 15) is 14.1 Å². The molecule has 0 radical (unpaired) electrons. The van der Waals surface area contributed by atoms with Crippen molar-refractivity contribution in [2.45, 2.75) is 19.1 Å². The van der Waals surface area contributed by atoms with Crippen LogP contribution in [0, 0.1) is 6.92 Å². The van der Waals surface area contributed by atoms with Crippen LogP contribution in [0.2, 0.25) is 0 Å². The van der Waals surface area contributed by atoms with Gasteiger partial charge in [-0.1, -0.05) is 6.07 Å². The molecular formula is C12H17NO3S. The first kappa shape index (κ1) is 13.7. The van der Waals surface area contributed by atoms with E-state index in [1.54, 1.807) is 25.3 Å². The Kier molecular flexibility index (Phi) is 4.69. The summed E-state index contributed by atoms with van der Waals surface area (Å²) in [6.45, 7) is 3.96. The highest BCUT2D eigenvalue weighted by atomic mass is 32.2. The number of carbonyl (C=O) groups is 1. The summed E-state index contributed by atoms with van der Waals surface area (Å²) in [5.41, 5.74) is 1.13. The highest BCUT2D eigenvalue weighted by molar-refractivity contribution is 7.84. The van der Waals surface area contributed by atoms with Crippen molar-refractivity contribution in [3.63, 3.8) is 0 Å². The van der Waals surface area contributed by atoms with Gasteiger partial charge in [0.05, 0.1) is 5.56 Å². The van der Waals surface area contributed by atoms with Crippen LogP contribution in [0.25, 0.3) is 0 Å². The van der Waals surface area contributed by atoms with Crippen LogP contribution in [0.15, 0.2) is 18.2 Å². The molecule has 0 saturated heterocycles. The number of amides is 1. The molecule has 1 aromatic rings. The lowest BCUT2D eigenvalue weighted by Crippen LogP contribution is -2.32. The highest BCUT2D eigenvalue weighted by Crippen LogP contribution is 2.18. The van der Waals surface area contributed by atoms with E-state index in [0.29, 0.717) is 6.54 Å². The third-order valence-corrected chi connectivity index (χ3v) is 3.81. The lowest BCUT2D eigenvalue weighted by molar-refractivity contribution is 0.0951. The predicted octanol–water partition coefficient (Wildman–Crippen LogP) is 1.20. The van der Waals surface area contributed by atoms with Gasteiger partial charge >= 0.3 is 0 Å². The molecule has 0 aliphatic rings. The molecule has 2 unspecified atom stereocenters. The zero-order chi connectivity index (χ0) is 13.0. The second kappa shape index (κ2) is 5.82. The van der Waals surface area contributed by atoms with Gasteiger partial charge in [0.1, 0.15) is 5.75 Å². The zero-order valence-corrected chi connectivity index (χ0v) is 11.0. The number of nitrogens with one attached hydrogen (secondary N) is 1. The molecule has 0 fully saturated rings. The Morgan fingerprint density at radius 1 is 1.53 bits per heavy atom. The van der Waals surface area contributed by atoms with Gasteiger partial charge in [0.15, 0.2) is 0 Å². The molecule has 0 aliphatic carbocycles. The van der Waals surface area contributed by atoms with Crippen molar-refractivity contribution in [2.24, 2.45) is 0 Å². The fourth-order valence-corrected chi connectivity index (χ4v) is 1.60. The number of hydrogen-bond donors (Lipinski definition) is 2. The number of hydrogen-bond acceptors (Lipinski definition) is 3. The van der Waals surface area contributed by atoms with E-state index in [4.69, 9.17) is 0 Å². The van der Waals surface area contributed by atoms with Crippen LogP contribution < -0.4 is 5.32 Å². The fourth-order valence-electron chi connectivity index (χ4n) is 1.28. The van der Waals surface area contributed by atoms with Gasteiger partial charge in [-0.05, 0) is 31.5 Å². The number of phenolic OH excluding ortho intramolecular Hbond substituents is 1. The Bertz CT molecular complexity index is 445. The average Bonchev–Trinajstić information content (AvgIpc) is 2.25. The molecule has 17 heavy (non-hydrogen) atoms. The van der Waals surface area contributed by atoms with Crippen molar-refractivity contribution in [3.05, 3.63) is 29.3 Å². The van der Waals surface area contributed by atoms with E-state index >= 15 is 0 Å². The molecule has 0 heterocycles. The quantitative estimate of drug-likeness (QED) is 0.849. The van der Waals surface area contributed by atoms with Gasteiger partial charge in [-0.2, -0.15) is 0 Å². The second-order valence-corrected chi connectivity index (χ2v) is 5.84. The monoisotopic (exact) mass is 255 g/mol. The number of phenols is 1. The van der Waals surface area contributed by atoms with Crippen LogP contribution in [-0.2, 0) is 10.8 Å². The van der Waals surface area contributed by atoms with Gasteiger partial charge in [-0.15, -0.1) is 0 Å². The summed E-state index contributed by atoms with van der Waals surface area (Å²) in [6, 6.07) is 4.87. The fraction of sp³-hybridized carbons (Fsp3) is 0.417. The maximum absolute atomic E-state index is 11.7. The predicted molar refractivity (Wildman–Crippen MR) is 68.7 cm³/mol. The molecule has 0 aliphatic heterocycles. The lowest BCUT2D eigenvalue weighted by Gasteiger charge is -2.11. The van der Waals surface area contributed by atoms with Crippen LogP contribution in [0.1, 0.15) is 22.8 Å². The number of aromatic hydroxyl groups is 1. The minimum Gasteiger partial charge on any atom is -0.507 e. The van der Waals surface area contributed by atoms with Gasteiger partial charge < -0.3 is 10.4 Å². The summed E-state index contributed by atoms with van der Waals surface area (Å²) < 4.78 is 11.1. The van der Waals surface area contributed by atoms with E-state index < -0.39 is 10.8 Å². The minimum absolute atomic E-state index is 0.0345. The molecule has 94 valence electrons. The first-order chi connectivity index (χ1) is 7.91. The smallest absolute Gasteiger partial charge is 0.255 e. The topological polar surface area (TPSA) is 66.4 Å². The Balaban J connectivity index is 2.67. The molecule has 4 nitrogen and oxygen atoms in total. The Morgan fingerprint density at radius 2 is 2.18 bits per heavy atom. The van der Waals surface area contributed by atoms with Crippen molar-refractivity contribution in [1.82, 2.24) is 5.32 Å². The minimum atomic E-state index is -0.969. The van der Waals surface area contributed by atoms with E-state index in [2.05, 4.69) is 5.32 Å². The first-order valence-electron chi connectivity index (χ1n) is 5.32. The van der Waals surface area contributed by atoms with E-state index in [0.717, 1.165) is 5.56 Å². The molecule has 1 amide bonds. The van der Waals surface area contributed by atoms with E-state index in [-0.39, 0.29) is 22.5 Å². The normalized spacial score (nSPS) is 14.1. The molecule has 2 atom stereocenters. The largest absolute Gasteiger partial charge is 0.507 e. The van der Waals surface area contributed by atoms with Crippen LogP contribution in [0.4, 0.5) is 0 Å². The van der Waals surface area contributed by atoms with Gasteiger partial charge in [-0.25, -0.2) is 0 Å². The van der Waals surface area contributed by atoms with Gasteiger partial charge in [0.2, 0.25) is 0 Å². The second-order valence-electron chi connectivity index (χ2n) is 4.04. The number of aryl methyl sites for hydroxylation is 1. The SMILES string of the molecule is Cc1ccc(C(=O)NCC(C)S(C)=O)c(O)c1. The molecular weight excluding hydrogens is 238 g/mol. The Labute approximate surface area is 104 Å². The number of carbonyl (C=O) groups excluding carboxylic acids is 1. The average molecular weight is 255 g/mol. The molecule has 1 aromatic carbocycles. The standard InChI is InChI=1S/C12H17NO3S/c1-8-4-5-10(11(14)6-8)12(15)13-7-9(2)17(3)16/h4-6,9,14H,7H2,1-3H3,(H,13,15). The summed E-state index contributed by atoms with van der Waals surface area (Å²) in [5.74, 6) is -0.382. The van der Waals surface area contributed by atoms with Crippen molar-refractivity contribution in [2.75, 3.05) is 12.8 Å². The lowest BCUT2D eigenvalue weighted by atomic mass is 10.1. The van der Waals surface area contributed by atoms with E-state index in [1.165, 1.54) is 6.07 Å². The van der Waals surface area contributed by atoms with Crippen LogP contribution in [-0.4, -0.2) is 33.3 Å². The Morgan fingerprint density at radius 3 is 2.71 bits per heavy atom. The van der Waals surface area contributed by atoms with Crippen molar-refractivity contribution >= 4 is 16.7 Å². The van der Waals surface area contributed by atoms with Gasteiger partial charge in [0, 0.05) is 28.9 Å². The molecule has 0 bridgehead atoms. The van der Waals surface area contributed by atoms with Crippen LogP contribution in [0.5, 0.6) is 5.75 Å². The third kappa shape index (κ3) is 3.85. The summed E-state index contributed by atoms with van der Waals surface area (Å²) in [4.78, 5) is 11.7. The summed E-state index contributed by atoms with van der Waals surface area (Å²) in [5, 5.41) is 12.2. The first-order valence-corrected chi connectivity index (χ1v) is 6.94. The summed E-state index contributed by atoms with van der Waals surface area (Å²) in [6.07, 6.45) is 1.60. The maximum atomic E-state index is 11.7. The molecule has 2 N–H and O–H groups in total. The summed E-state index contributed by atoms with van der Waals surface area (Å²) >= 11 is 0. The van der Waals surface area contributed by atoms with Crippen LogP contribution in [0.3, 0.4) is 0 Å². The van der Waals surface area contributed by atoms with Crippen molar-refractivity contribution in [3.8, 4) is 5.75 Å².